The number of benzene rings is 1. The number of amides is 1. The van der Waals surface area contributed by atoms with Crippen molar-refractivity contribution in [3.63, 3.8) is 0 Å². The van der Waals surface area contributed by atoms with Gasteiger partial charge in [0.1, 0.15) is 11.8 Å². The topological polar surface area (TPSA) is 77.8 Å². The minimum atomic E-state index is -0.989. The molecule has 5 nitrogen and oxygen atoms in total. The molecule has 108 valence electrons. The molecule has 1 amide bonds. The summed E-state index contributed by atoms with van der Waals surface area (Å²) in [5, 5.41) is 19.2. The molecule has 1 aliphatic heterocycles. The first kappa shape index (κ1) is 14.4. The third-order valence-corrected chi connectivity index (χ3v) is 3.83. The number of aromatic hydroxyl groups is 1. The smallest absolute Gasteiger partial charge is 0.326 e. The van der Waals surface area contributed by atoms with Crippen LogP contribution in [0.3, 0.4) is 0 Å². The zero-order valence-electron chi connectivity index (χ0n) is 11.7. The van der Waals surface area contributed by atoms with Gasteiger partial charge in [-0.2, -0.15) is 0 Å². The normalized spacial score (nSPS) is 22.6. The van der Waals surface area contributed by atoms with Crippen molar-refractivity contribution in [2.45, 2.75) is 32.7 Å². The summed E-state index contributed by atoms with van der Waals surface area (Å²) in [6, 6.07) is 3.97. The molecule has 1 fully saturated rings. The maximum Gasteiger partial charge on any atom is 0.326 e. The van der Waals surface area contributed by atoms with Gasteiger partial charge in [-0.1, -0.05) is 13.0 Å². The highest BCUT2D eigenvalue weighted by Gasteiger charge is 2.37. The van der Waals surface area contributed by atoms with E-state index in [9.17, 15) is 19.8 Å². The van der Waals surface area contributed by atoms with Crippen LogP contribution in [0.1, 0.15) is 35.7 Å². The van der Waals surface area contributed by atoms with Gasteiger partial charge in [-0.25, -0.2) is 4.79 Å². The molecule has 0 saturated carbocycles. The van der Waals surface area contributed by atoms with Gasteiger partial charge in [0.15, 0.2) is 0 Å². The molecule has 1 saturated heterocycles. The first-order chi connectivity index (χ1) is 9.41. The van der Waals surface area contributed by atoms with Crippen LogP contribution in [-0.4, -0.2) is 39.6 Å². The first-order valence-electron chi connectivity index (χ1n) is 6.75. The lowest BCUT2D eigenvalue weighted by atomic mass is 9.90. The predicted octanol–water partition coefficient (Wildman–Crippen LogP) is 2.03. The molecule has 0 aromatic heterocycles. The van der Waals surface area contributed by atoms with Crippen molar-refractivity contribution in [2.75, 3.05) is 6.54 Å². The van der Waals surface area contributed by atoms with E-state index in [2.05, 4.69) is 0 Å². The van der Waals surface area contributed by atoms with Crippen LogP contribution in [0.25, 0.3) is 0 Å². The Hall–Kier alpha value is -2.04. The molecule has 0 spiro atoms. The Morgan fingerprint density at radius 2 is 2.05 bits per heavy atom. The molecule has 0 bridgehead atoms. The van der Waals surface area contributed by atoms with Gasteiger partial charge in [0.25, 0.3) is 5.91 Å². The highest BCUT2D eigenvalue weighted by Crippen LogP contribution is 2.28. The summed E-state index contributed by atoms with van der Waals surface area (Å²) in [5.41, 5.74) is 1.01. The van der Waals surface area contributed by atoms with Crippen LogP contribution in [-0.2, 0) is 4.79 Å². The largest absolute Gasteiger partial charge is 0.507 e. The second-order valence-electron chi connectivity index (χ2n) is 5.42. The summed E-state index contributed by atoms with van der Waals surface area (Å²) in [6.45, 7) is 4.07. The fourth-order valence-corrected chi connectivity index (χ4v) is 2.77. The zero-order valence-corrected chi connectivity index (χ0v) is 11.7. The Balaban J connectivity index is 2.33. The number of carbonyl (C=O) groups excluding carboxylic acids is 1. The average Bonchev–Trinajstić information content (AvgIpc) is 2.37. The zero-order chi connectivity index (χ0) is 14.9. The number of aliphatic carboxylic acids is 1. The number of carboxylic acid groups (broad SMARTS) is 1. The van der Waals surface area contributed by atoms with E-state index >= 15 is 0 Å². The average molecular weight is 277 g/mol. The van der Waals surface area contributed by atoms with E-state index in [0.29, 0.717) is 6.54 Å². The van der Waals surface area contributed by atoms with E-state index in [-0.39, 0.29) is 17.2 Å². The molecule has 2 atom stereocenters. The molecule has 2 unspecified atom stereocenters. The maximum absolute atomic E-state index is 12.5. The lowest BCUT2D eigenvalue weighted by Crippen LogP contribution is -2.51. The van der Waals surface area contributed by atoms with Crippen molar-refractivity contribution in [1.29, 1.82) is 0 Å². The number of nitrogens with zero attached hydrogens (tertiary/aromatic N) is 1. The van der Waals surface area contributed by atoms with Crippen molar-refractivity contribution in [3.05, 3.63) is 29.3 Å². The second-order valence-corrected chi connectivity index (χ2v) is 5.42. The van der Waals surface area contributed by atoms with E-state index in [1.165, 1.54) is 11.0 Å². The summed E-state index contributed by atoms with van der Waals surface area (Å²) >= 11 is 0. The molecule has 2 N–H and O–H groups in total. The van der Waals surface area contributed by atoms with Gasteiger partial charge in [0, 0.05) is 6.54 Å². The van der Waals surface area contributed by atoms with Crippen molar-refractivity contribution in [3.8, 4) is 5.75 Å². The van der Waals surface area contributed by atoms with Gasteiger partial charge >= 0.3 is 5.97 Å². The quantitative estimate of drug-likeness (QED) is 0.867. The van der Waals surface area contributed by atoms with Crippen molar-refractivity contribution < 1.29 is 19.8 Å². The Kier molecular flexibility index (Phi) is 3.97. The highest BCUT2D eigenvalue weighted by molar-refractivity contribution is 5.99. The number of likely N-dealkylation sites (tertiary alicyclic amines) is 1. The molecule has 1 aliphatic rings. The molecular weight excluding hydrogens is 258 g/mol. The van der Waals surface area contributed by atoms with Crippen LogP contribution < -0.4 is 0 Å². The number of carboxylic acids is 1. The van der Waals surface area contributed by atoms with Gasteiger partial charge in [-0.05, 0) is 43.4 Å². The highest BCUT2D eigenvalue weighted by atomic mass is 16.4. The van der Waals surface area contributed by atoms with E-state index in [4.69, 9.17) is 0 Å². The first-order valence-corrected chi connectivity index (χ1v) is 6.75. The number of piperidine rings is 1. The fraction of sp³-hybridized carbons (Fsp3) is 0.467. The molecular formula is C15H19NO4. The Labute approximate surface area is 117 Å². The van der Waals surface area contributed by atoms with Crippen LogP contribution in [0.4, 0.5) is 0 Å². The Bertz CT molecular complexity index is 541. The van der Waals surface area contributed by atoms with E-state index in [1.807, 2.05) is 13.8 Å². The Morgan fingerprint density at radius 1 is 1.35 bits per heavy atom. The van der Waals surface area contributed by atoms with Gasteiger partial charge < -0.3 is 15.1 Å². The summed E-state index contributed by atoms with van der Waals surface area (Å²) in [7, 11) is 0. The summed E-state index contributed by atoms with van der Waals surface area (Å²) in [6.07, 6.45) is 1.57. The fourth-order valence-electron chi connectivity index (χ4n) is 2.77. The monoisotopic (exact) mass is 277 g/mol. The summed E-state index contributed by atoms with van der Waals surface area (Å²) < 4.78 is 0. The minimum absolute atomic E-state index is 0.0854. The predicted molar refractivity (Wildman–Crippen MR) is 73.7 cm³/mol. The third-order valence-electron chi connectivity index (χ3n) is 3.83. The molecule has 0 aliphatic carbocycles. The van der Waals surface area contributed by atoms with Crippen molar-refractivity contribution >= 4 is 11.9 Å². The molecule has 20 heavy (non-hydrogen) atoms. The van der Waals surface area contributed by atoms with Gasteiger partial charge in [-0.3, -0.25) is 4.79 Å². The number of carbonyl (C=O) groups is 2. The van der Waals surface area contributed by atoms with Crippen LogP contribution in [0, 0.1) is 12.8 Å². The Morgan fingerprint density at radius 3 is 2.65 bits per heavy atom. The number of hydrogen-bond donors (Lipinski definition) is 2. The van der Waals surface area contributed by atoms with Crippen LogP contribution in [0.15, 0.2) is 18.2 Å². The number of phenolic OH excluding ortho intramolecular Hbond substituents is 1. The molecule has 1 heterocycles. The molecule has 1 aromatic carbocycles. The lowest BCUT2D eigenvalue weighted by Gasteiger charge is -2.37. The van der Waals surface area contributed by atoms with E-state index in [1.54, 1.807) is 12.1 Å². The number of aryl methyl sites for hydroxylation is 1. The molecule has 1 aromatic rings. The van der Waals surface area contributed by atoms with Gasteiger partial charge in [0.2, 0.25) is 0 Å². The number of phenols is 1. The number of rotatable bonds is 2. The van der Waals surface area contributed by atoms with Crippen molar-refractivity contribution in [1.82, 2.24) is 4.90 Å². The third kappa shape index (κ3) is 2.61. The molecule has 5 heteroatoms. The van der Waals surface area contributed by atoms with Crippen LogP contribution >= 0.6 is 0 Å². The standard InChI is InChI=1S/C15H19NO4/c1-9-5-6-11(12(17)8-9)14(18)16-7-3-4-10(2)13(16)15(19)20/h5-6,8,10,13,17H,3-4,7H2,1-2H3,(H,19,20). The van der Waals surface area contributed by atoms with Gasteiger partial charge in [0.05, 0.1) is 5.56 Å². The molecule has 0 radical (unpaired) electrons. The van der Waals surface area contributed by atoms with Crippen LogP contribution in [0.2, 0.25) is 0 Å². The second kappa shape index (κ2) is 5.53. The SMILES string of the molecule is Cc1ccc(C(=O)N2CCCC(C)C2C(=O)O)c(O)c1. The lowest BCUT2D eigenvalue weighted by molar-refractivity contribution is -0.145. The van der Waals surface area contributed by atoms with E-state index < -0.39 is 17.9 Å². The van der Waals surface area contributed by atoms with Crippen molar-refractivity contribution in [2.24, 2.45) is 5.92 Å². The van der Waals surface area contributed by atoms with Gasteiger partial charge in [-0.15, -0.1) is 0 Å². The summed E-state index contributed by atoms with van der Waals surface area (Å²) in [5.74, 6) is -1.59. The molecule has 2 rings (SSSR count). The summed E-state index contributed by atoms with van der Waals surface area (Å²) in [4.78, 5) is 25.3. The van der Waals surface area contributed by atoms with Crippen LogP contribution in [0.5, 0.6) is 5.75 Å². The number of hydrogen-bond acceptors (Lipinski definition) is 3. The van der Waals surface area contributed by atoms with E-state index in [0.717, 1.165) is 18.4 Å². The maximum atomic E-state index is 12.5. The minimum Gasteiger partial charge on any atom is -0.507 e.